The van der Waals surface area contributed by atoms with Crippen LogP contribution in [0.5, 0.6) is 0 Å². The molecular formula is C10H12O3. The minimum Gasteiger partial charge on any atom is -0.303 e. The Labute approximate surface area is 76.5 Å². The highest BCUT2D eigenvalue weighted by Gasteiger charge is 2.46. The first-order valence-electron chi connectivity index (χ1n) is 4.71. The Morgan fingerprint density at radius 2 is 1.85 bits per heavy atom. The zero-order chi connectivity index (χ0) is 9.42. The molecule has 0 aliphatic heterocycles. The van der Waals surface area contributed by atoms with Crippen LogP contribution >= 0.6 is 0 Å². The summed E-state index contributed by atoms with van der Waals surface area (Å²) < 4.78 is 0. The van der Waals surface area contributed by atoms with E-state index in [0.717, 1.165) is 12.7 Å². The van der Waals surface area contributed by atoms with Crippen molar-refractivity contribution in [3.63, 3.8) is 0 Å². The number of Topliss-reactive ketones (excluding diaryl/α,β-unsaturated/α-hetero) is 2. The molecule has 0 spiro atoms. The molecule has 0 N–H and O–H groups in total. The van der Waals surface area contributed by atoms with Gasteiger partial charge in [-0.3, -0.25) is 9.59 Å². The van der Waals surface area contributed by atoms with E-state index in [-0.39, 0.29) is 23.4 Å². The second-order valence-electron chi connectivity index (χ2n) is 4.08. The van der Waals surface area contributed by atoms with Gasteiger partial charge in [0.25, 0.3) is 0 Å². The first-order chi connectivity index (χ1) is 6.22. The maximum absolute atomic E-state index is 11.4. The first-order valence-corrected chi connectivity index (χ1v) is 4.71. The number of carbonyl (C=O) groups excluding carboxylic acids is 3. The third-order valence-corrected chi connectivity index (χ3v) is 3.18. The van der Waals surface area contributed by atoms with Crippen molar-refractivity contribution in [1.82, 2.24) is 0 Å². The van der Waals surface area contributed by atoms with Gasteiger partial charge in [0.1, 0.15) is 17.9 Å². The Hall–Kier alpha value is -0.990. The van der Waals surface area contributed by atoms with Gasteiger partial charge < -0.3 is 4.79 Å². The van der Waals surface area contributed by atoms with E-state index in [4.69, 9.17) is 0 Å². The van der Waals surface area contributed by atoms with E-state index in [1.807, 2.05) is 0 Å². The zero-order valence-corrected chi connectivity index (χ0v) is 7.36. The van der Waals surface area contributed by atoms with Crippen molar-refractivity contribution in [2.24, 2.45) is 17.8 Å². The third kappa shape index (κ3) is 1.32. The predicted molar refractivity (Wildman–Crippen MR) is 45.0 cm³/mol. The number of hydrogen-bond donors (Lipinski definition) is 0. The summed E-state index contributed by atoms with van der Waals surface area (Å²) in [5, 5.41) is 0. The van der Waals surface area contributed by atoms with Crippen LogP contribution in [0.1, 0.15) is 25.7 Å². The quantitative estimate of drug-likeness (QED) is 0.465. The summed E-state index contributed by atoms with van der Waals surface area (Å²) in [4.78, 5) is 33.2. The second-order valence-corrected chi connectivity index (χ2v) is 4.08. The standard InChI is InChI=1S/C10H12O3/c11-2-1-7-3-6-4-8(12)10(7)9(13)5-6/h2,6-7,10H,1,3-5H2. The summed E-state index contributed by atoms with van der Waals surface area (Å²) in [5.74, 6) is -0.0474. The van der Waals surface area contributed by atoms with Crippen LogP contribution in [0.2, 0.25) is 0 Å². The monoisotopic (exact) mass is 180 g/mol. The maximum Gasteiger partial charge on any atom is 0.143 e. The second kappa shape index (κ2) is 3.05. The number of fused-ring (bicyclic) bond motifs is 3. The molecule has 3 saturated carbocycles. The Balaban J connectivity index is 2.20. The van der Waals surface area contributed by atoms with E-state index in [9.17, 15) is 14.4 Å². The molecule has 1 atom stereocenters. The van der Waals surface area contributed by atoms with E-state index >= 15 is 0 Å². The van der Waals surface area contributed by atoms with E-state index in [2.05, 4.69) is 0 Å². The normalized spacial score (nSPS) is 38.0. The molecule has 13 heavy (non-hydrogen) atoms. The number of aldehydes is 1. The Morgan fingerprint density at radius 1 is 1.23 bits per heavy atom. The van der Waals surface area contributed by atoms with Crippen molar-refractivity contribution in [2.45, 2.75) is 25.7 Å². The molecule has 3 nitrogen and oxygen atoms in total. The van der Waals surface area contributed by atoms with Crippen LogP contribution in [-0.4, -0.2) is 17.9 Å². The summed E-state index contributed by atoms with van der Waals surface area (Å²) in [6.07, 6.45) is 3.21. The highest BCUT2D eigenvalue weighted by Crippen LogP contribution is 2.41. The van der Waals surface area contributed by atoms with Crippen LogP contribution < -0.4 is 0 Å². The lowest BCUT2D eigenvalue weighted by Gasteiger charge is -2.39. The SMILES string of the molecule is O=CCC1CC2CC(=O)C1C(=O)C2. The number of carbonyl (C=O) groups is 3. The van der Waals surface area contributed by atoms with E-state index in [1.165, 1.54) is 0 Å². The summed E-state index contributed by atoms with van der Waals surface area (Å²) in [7, 11) is 0. The van der Waals surface area contributed by atoms with Crippen LogP contribution in [0.25, 0.3) is 0 Å². The van der Waals surface area contributed by atoms with Gasteiger partial charge in [0.2, 0.25) is 0 Å². The molecule has 0 aromatic heterocycles. The summed E-state index contributed by atoms with van der Waals surface area (Å²) in [6, 6.07) is 0. The molecule has 3 heteroatoms. The average Bonchev–Trinajstić information content (AvgIpc) is 2.02. The lowest BCUT2D eigenvalue weighted by molar-refractivity contribution is -0.145. The zero-order valence-electron chi connectivity index (χ0n) is 7.36. The van der Waals surface area contributed by atoms with Gasteiger partial charge in [0, 0.05) is 19.3 Å². The van der Waals surface area contributed by atoms with Gasteiger partial charge in [-0.05, 0) is 18.3 Å². The molecule has 3 rings (SSSR count). The Morgan fingerprint density at radius 3 is 2.31 bits per heavy atom. The summed E-state index contributed by atoms with van der Waals surface area (Å²) in [5.41, 5.74) is 0. The fourth-order valence-electron chi connectivity index (χ4n) is 2.69. The van der Waals surface area contributed by atoms with Gasteiger partial charge in [-0.2, -0.15) is 0 Å². The van der Waals surface area contributed by atoms with Crippen molar-refractivity contribution in [1.29, 1.82) is 0 Å². The maximum atomic E-state index is 11.4. The van der Waals surface area contributed by atoms with Crippen LogP contribution in [0.15, 0.2) is 0 Å². The topological polar surface area (TPSA) is 51.2 Å². The van der Waals surface area contributed by atoms with Gasteiger partial charge >= 0.3 is 0 Å². The van der Waals surface area contributed by atoms with Gasteiger partial charge in [-0.15, -0.1) is 0 Å². The van der Waals surface area contributed by atoms with Crippen molar-refractivity contribution in [3.8, 4) is 0 Å². The average molecular weight is 180 g/mol. The van der Waals surface area contributed by atoms with Crippen LogP contribution in [-0.2, 0) is 14.4 Å². The molecular weight excluding hydrogens is 168 g/mol. The molecule has 70 valence electrons. The number of rotatable bonds is 2. The molecule has 1 unspecified atom stereocenters. The van der Waals surface area contributed by atoms with E-state index < -0.39 is 5.92 Å². The Bertz CT molecular complexity index is 251. The van der Waals surface area contributed by atoms with Crippen LogP contribution in [0.4, 0.5) is 0 Å². The minimum atomic E-state index is -0.435. The lowest BCUT2D eigenvalue weighted by Crippen LogP contribution is -2.45. The highest BCUT2D eigenvalue weighted by atomic mass is 16.2. The number of hydrogen-bond acceptors (Lipinski definition) is 3. The molecule has 3 aliphatic rings. The van der Waals surface area contributed by atoms with Crippen molar-refractivity contribution < 1.29 is 14.4 Å². The predicted octanol–water partition coefficient (Wildman–Crippen LogP) is 0.760. The minimum absolute atomic E-state index is 0.0185. The molecule has 0 aromatic carbocycles. The molecule has 3 aliphatic carbocycles. The first kappa shape index (κ1) is 8.60. The lowest BCUT2D eigenvalue weighted by atomic mass is 9.62. The van der Waals surface area contributed by atoms with Gasteiger partial charge in [-0.25, -0.2) is 0 Å². The third-order valence-electron chi connectivity index (χ3n) is 3.18. The van der Waals surface area contributed by atoms with Crippen molar-refractivity contribution in [2.75, 3.05) is 0 Å². The smallest absolute Gasteiger partial charge is 0.143 e. The van der Waals surface area contributed by atoms with Gasteiger partial charge in [-0.1, -0.05) is 0 Å². The van der Waals surface area contributed by atoms with E-state index in [0.29, 0.717) is 19.3 Å². The Kier molecular flexibility index (Phi) is 2.02. The largest absolute Gasteiger partial charge is 0.303 e. The van der Waals surface area contributed by atoms with E-state index in [1.54, 1.807) is 0 Å². The molecule has 0 aromatic rings. The van der Waals surface area contributed by atoms with Crippen LogP contribution in [0.3, 0.4) is 0 Å². The molecule has 0 saturated heterocycles. The van der Waals surface area contributed by atoms with Crippen molar-refractivity contribution >= 4 is 17.9 Å². The molecule has 0 amide bonds. The van der Waals surface area contributed by atoms with Gasteiger partial charge in [0.15, 0.2) is 0 Å². The molecule has 2 bridgehead atoms. The van der Waals surface area contributed by atoms with Gasteiger partial charge in [0.05, 0.1) is 5.92 Å². The van der Waals surface area contributed by atoms with Crippen molar-refractivity contribution in [3.05, 3.63) is 0 Å². The summed E-state index contributed by atoms with van der Waals surface area (Å²) in [6.45, 7) is 0. The molecule has 0 radical (unpaired) electrons. The molecule has 0 heterocycles. The van der Waals surface area contributed by atoms with Crippen LogP contribution in [0, 0.1) is 17.8 Å². The molecule has 3 fully saturated rings. The highest BCUT2D eigenvalue weighted by molar-refractivity contribution is 6.06. The fraction of sp³-hybridized carbons (Fsp3) is 0.700. The number of ketones is 2. The fourth-order valence-corrected chi connectivity index (χ4v) is 2.69. The summed E-state index contributed by atoms with van der Waals surface area (Å²) >= 11 is 0.